The zero-order valence-electron chi connectivity index (χ0n) is 13.3. The minimum Gasteiger partial charge on any atom is -0.461 e. The van der Waals surface area contributed by atoms with Crippen LogP contribution in [0.2, 0.25) is 0 Å². The Balaban J connectivity index is 1.34. The molecule has 8 nitrogen and oxygen atoms in total. The van der Waals surface area contributed by atoms with Gasteiger partial charge in [-0.2, -0.15) is 0 Å². The van der Waals surface area contributed by atoms with Crippen LogP contribution in [-0.4, -0.2) is 27.2 Å². The highest BCUT2D eigenvalue weighted by molar-refractivity contribution is 5.92. The maximum atomic E-state index is 12.1. The van der Waals surface area contributed by atoms with Crippen molar-refractivity contribution in [1.82, 2.24) is 20.0 Å². The summed E-state index contributed by atoms with van der Waals surface area (Å²) in [6.45, 7) is 0.623. The molecule has 4 rings (SSSR count). The summed E-state index contributed by atoms with van der Waals surface area (Å²) in [6, 6.07) is 6.52. The van der Waals surface area contributed by atoms with Crippen LogP contribution in [0.4, 0.5) is 0 Å². The molecule has 25 heavy (non-hydrogen) atoms. The van der Waals surface area contributed by atoms with E-state index in [0.717, 1.165) is 18.5 Å². The monoisotopic (exact) mass is 340 g/mol. The van der Waals surface area contributed by atoms with Crippen molar-refractivity contribution in [3.8, 4) is 11.5 Å². The van der Waals surface area contributed by atoms with Gasteiger partial charge in [-0.25, -0.2) is 4.98 Å². The second-order valence-corrected chi connectivity index (χ2v) is 5.93. The van der Waals surface area contributed by atoms with Crippen molar-refractivity contribution in [2.45, 2.75) is 25.3 Å². The molecular formula is C17H16N4O4. The van der Waals surface area contributed by atoms with E-state index in [1.165, 1.54) is 23.2 Å². The third kappa shape index (κ3) is 3.37. The molecule has 1 amide bonds. The number of hydrogen-bond donors (Lipinski definition) is 1. The standard InChI is InChI=1S/C17H16N4O4/c22-16-9-12(11-3-4-11)19-10-21(16)6-5-18-17(23)13-8-15(25-20-13)14-2-1-7-24-14/h1-2,7-11H,3-6H2,(H,18,23). The Morgan fingerprint density at radius 1 is 1.32 bits per heavy atom. The van der Waals surface area contributed by atoms with Crippen LogP contribution in [0.1, 0.15) is 34.9 Å². The highest BCUT2D eigenvalue weighted by atomic mass is 16.5. The fraction of sp³-hybridized carbons (Fsp3) is 0.294. The van der Waals surface area contributed by atoms with E-state index in [0.29, 0.717) is 24.0 Å². The highest BCUT2D eigenvalue weighted by Crippen LogP contribution is 2.38. The number of nitrogens with zero attached hydrogens (tertiary/aromatic N) is 3. The molecule has 0 unspecified atom stereocenters. The molecule has 1 aliphatic carbocycles. The van der Waals surface area contributed by atoms with Crippen LogP contribution < -0.4 is 10.9 Å². The van der Waals surface area contributed by atoms with Gasteiger partial charge < -0.3 is 14.3 Å². The van der Waals surface area contributed by atoms with Crippen molar-refractivity contribution in [2.24, 2.45) is 0 Å². The lowest BCUT2D eigenvalue weighted by molar-refractivity contribution is 0.0943. The second kappa shape index (κ2) is 6.39. The Labute approximate surface area is 142 Å². The summed E-state index contributed by atoms with van der Waals surface area (Å²) < 4.78 is 11.7. The number of furan rings is 1. The number of rotatable bonds is 6. The van der Waals surface area contributed by atoms with Crippen molar-refractivity contribution >= 4 is 5.91 Å². The molecule has 0 radical (unpaired) electrons. The van der Waals surface area contributed by atoms with Gasteiger partial charge in [0.05, 0.1) is 18.3 Å². The molecule has 0 spiro atoms. The predicted octanol–water partition coefficient (Wildman–Crippen LogP) is 1.80. The maximum Gasteiger partial charge on any atom is 0.273 e. The van der Waals surface area contributed by atoms with Gasteiger partial charge >= 0.3 is 0 Å². The van der Waals surface area contributed by atoms with E-state index in [2.05, 4.69) is 15.5 Å². The molecule has 0 bridgehead atoms. The number of amides is 1. The van der Waals surface area contributed by atoms with Crippen molar-refractivity contribution in [2.75, 3.05) is 6.54 Å². The summed E-state index contributed by atoms with van der Waals surface area (Å²) >= 11 is 0. The first-order valence-electron chi connectivity index (χ1n) is 8.06. The van der Waals surface area contributed by atoms with E-state index in [9.17, 15) is 9.59 Å². The Morgan fingerprint density at radius 2 is 2.20 bits per heavy atom. The molecule has 0 atom stereocenters. The van der Waals surface area contributed by atoms with E-state index < -0.39 is 0 Å². The van der Waals surface area contributed by atoms with Crippen LogP contribution in [0.25, 0.3) is 11.5 Å². The van der Waals surface area contributed by atoms with Gasteiger partial charge in [-0.05, 0) is 25.0 Å². The molecule has 3 aromatic rings. The molecule has 0 aliphatic heterocycles. The SMILES string of the molecule is O=C(NCCn1cnc(C2CC2)cc1=O)c1cc(-c2ccco2)on1. The minimum atomic E-state index is -0.378. The van der Waals surface area contributed by atoms with Crippen LogP contribution in [0.3, 0.4) is 0 Å². The maximum absolute atomic E-state index is 12.1. The Morgan fingerprint density at radius 3 is 2.92 bits per heavy atom. The molecule has 1 N–H and O–H groups in total. The lowest BCUT2D eigenvalue weighted by Gasteiger charge is -2.06. The fourth-order valence-electron chi connectivity index (χ4n) is 2.51. The highest BCUT2D eigenvalue weighted by Gasteiger charge is 2.25. The van der Waals surface area contributed by atoms with Crippen molar-refractivity contribution < 1.29 is 13.7 Å². The fourth-order valence-corrected chi connectivity index (χ4v) is 2.51. The van der Waals surface area contributed by atoms with E-state index in [-0.39, 0.29) is 23.7 Å². The van der Waals surface area contributed by atoms with Crippen molar-refractivity contribution in [1.29, 1.82) is 0 Å². The minimum absolute atomic E-state index is 0.104. The van der Waals surface area contributed by atoms with Crippen molar-refractivity contribution in [3.63, 3.8) is 0 Å². The first kappa shape index (κ1) is 15.4. The molecule has 0 aromatic carbocycles. The van der Waals surface area contributed by atoms with Gasteiger partial charge in [0.15, 0.2) is 11.5 Å². The molecule has 128 valence electrons. The number of nitrogens with one attached hydrogen (secondary N) is 1. The molecule has 3 heterocycles. The average Bonchev–Trinajstić information content (AvgIpc) is 3.11. The van der Waals surface area contributed by atoms with E-state index >= 15 is 0 Å². The normalized spacial score (nSPS) is 13.8. The number of carbonyl (C=O) groups excluding carboxylic acids is 1. The molecule has 1 fully saturated rings. The second-order valence-electron chi connectivity index (χ2n) is 5.93. The number of hydrogen-bond acceptors (Lipinski definition) is 6. The van der Waals surface area contributed by atoms with Crippen LogP contribution >= 0.6 is 0 Å². The van der Waals surface area contributed by atoms with Crippen molar-refractivity contribution in [3.05, 3.63) is 58.6 Å². The predicted molar refractivity (Wildman–Crippen MR) is 87.0 cm³/mol. The van der Waals surface area contributed by atoms with Gasteiger partial charge in [-0.15, -0.1) is 0 Å². The molecule has 1 aliphatic rings. The van der Waals surface area contributed by atoms with Crippen LogP contribution in [0.5, 0.6) is 0 Å². The quantitative estimate of drug-likeness (QED) is 0.734. The molecule has 0 saturated heterocycles. The topological polar surface area (TPSA) is 103 Å². The smallest absolute Gasteiger partial charge is 0.273 e. The van der Waals surface area contributed by atoms with E-state index in [1.54, 1.807) is 18.2 Å². The number of carbonyl (C=O) groups is 1. The molecule has 1 saturated carbocycles. The average molecular weight is 340 g/mol. The third-order valence-electron chi connectivity index (χ3n) is 4.04. The molecule has 8 heteroatoms. The summed E-state index contributed by atoms with van der Waals surface area (Å²) in [6.07, 6.45) is 5.25. The zero-order chi connectivity index (χ0) is 17.2. The van der Waals surface area contributed by atoms with Gasteiger partial charge in [-0.3, -0.25) is 14.2 Å². The summed E-state index contributed by atoms with van der Waals surface area (Å²) in [5.41, 5.74) is 0.909. The Hall–Kier alpha value is -3.16. The van der Waals surface area contributed by atoms with E-state index in [1.807, 2.05) is 0 Å². The lowest BCUT2D eigenvalue weighted by Crippen LogP contribution is -2.31. The number of aromatic nitrogens is 3. The molecular weight excluding hydrogens is 324 g/mol. The summed E-state index contributed by atoms with van der Waals surface area (Å²) in [7, 11) is 0. The van der Waals surface area contributed by atoms with Gasteiger partial charge in [0, 0.05) is 31.1 Å². The van der Waals surface area contributed by atoms with Crippen LogP contribution in [-0.2, 0) is 6.54 Å². The van der Waals surface area contributed by atoms with Crippen LogP contribution in [0.15, 0.2) is 50.6 Å². The largest absolute Gasteiger partial charge is 0.461 e. The summed E-state index contributed by atoms with van der Waals surface area (Å²) in [4.78, 5) is 28.4. The Bertz CT molecular complexity index is 938. The first-order valence-corrected chi connectivity index (χ1v) is 8.06. The van der Waals surface area contributed by atoms with Gasteiger partial charge in [0.1, 0.15) is 0 Å². The van der Waals surface area contributed by atoms with Crippen LogP contribution in [0, 0.1) is 0 Å². The van der Waals surface area contributed by atoms with Gasteiger partial charge in [0.2, 0.25) is 5.76 Å². The lowest BCUT2D eigenvalue weighted by atomic mass is 10.3. The Kier molecular flexibility index (Phi) is 3.93. The third-order valence-corrected chi connectivity index (χ3v) is 4.04. The van der Waals surface area contributed by atoms with Gasteiger partial charge in [-0.1, -0.05) is 5.16 Å². The van der Waals surface area contributed by atoms with E-state index in [4.69, 9.17) is 8.94 Å². The summed E-state index contributed by atoms with van der Waals surface area (Å²) in [5.74, 6) is 0.945. The molecule has 3 aromatic heterocycles. The van der Waals surface area contributed by atoms with Gasteiger partial charge in [0.25, 0.3) is 11.5 Å². The first-order chi connectivity index (χ1) is 12.2. The summed E-state index contributed by atoms with van der Waals surface area (Å²) in [5, 5.41) is 6.43. The zero-order valence-corrected chi connectivity index (χ0v) is 13.3.